The number of benzene rings is 2. The molecule has 0 spiro atoms. The predicted octanol–water partition coefficient (Wildman–Crippen LogP) is 2.68. The molecule has 2 aromatic rings. The summed E-state index contributed by atoms with van der Waals surface area (Å²) in [4.78, 5) is 11.4. The van der Waals surface area contributed by atoms with Crippen molar-refractivity contribution < 1.29 is 14.3 Å². The van der Waals surface area contributed by atoms with Crippen LogP contribution in [0.3, 0.4) is 0 Å². The summed E-state index contributed by atoms with van der Waals surface area (Å²) in [6, 6.07) is 12.8. The van der Waals surface area contributed by atoms with E-state index in [0.717, 1.165) is 17.0 Å². The van der Waals surface area contributed by atoms with E-state index < -0.39 is 5.97 Å². The molecule has 3 N–H and O–H groups in total. The standard InChI is InChI=1S/C16H18N2O3/c1-20-13-6-3-11(4-7-13)10-18-15-8-5-12(9-14(15)17)16(19)21-2/h3-9,18H,10,17H2,1-2H3. The van der Waals surface area contributed by atoms with E-state index in [1.54, 1.807) is 25.3 Å². The predicted molar refractivity (Wildman–Crippen MR) is 82.5 cm³/mol. The highest BCUT2D eigenvalue weighted by Gasteiger charge is 2.07. The maximum Gasteiger partial charge on any atom is 0.337 e. The first-order valence-corrected chi connectivity index (χ1v) is 6.48. The molecule has 0 aromatic heterocycles. The van der Waals surface area contributed by atoms with E-state index >= 15 is 0 Å². The van der Waals surface area contributed by atoms with E-state index in [9.17, 15) is 4.79 Å². The SMILES string of the molecule is COC(=O)c1ccc(NCc2ccc(OC)cc2)c(N)c1. The summed E-state index contributed by atoms with van der Waals surface area (Å²) in [6.45, 7) is 0.631. The number of hydrogen-bond acceptors (Lipinski definition) is 5. The van der Waals surface area contributed by atoms with Gasteiger partial charge in [-0.15, -0.1) is 0 Å². The van der Waals surface area contributed by atoms with Gasteiger partial charge in [-0.25, -0.2) is 4.79 Å². The van der Waals surface area contributed by atoms with Crippen molar-refractivity contribution in [1.82, 2.24) is 0 Å². The number of carbonyl (C=O) groups is 1. The molecule has 0 atom stereocenters. The van der Waals surface area contributed by atoms with E-state index in [4.69, 9.17) is 10.5 Å². The Balaban J connectivity index is 2.04. The van der Waals surface area contributed by atoms with E-state index in [1.165, 1.54) is 7.11 Å². The summed E-state index contributed by atoms with van der Waals surface area (Å²) in [7, 11) is 2.98. The largest absolute Gasteiger partial charge is 0.497 e. The fraction of sp³-hybridized carbons (Fsp3) is 0.188. The number of nitrogens with two attached hydrogens (primary N) is 1. The summed E-state index contributed by atoms with van der Waals surface area (Å²) >= 11 is 0. The maximum absolute atomic E-state index is 11.4. The van der Waals surface area contributed by atoms with Crippen LogP contribution in [0, 0.1) is 0 Å². The zero-order valence-electron chi connectivity index (χ0n) is 12.1. The number of rotatable bonds is 5. The molecule has 0 saturated heterocycles. The van der Waals surface area contributed by atoms with Gasteiger partial charge in [-0.1, -0.05) is 12.1 Å². The second kappa shape index (κ2) is 6.65. The van der Waals surface area contributed by atoms with Gasteiger partial charge < -0.3 is 20.5 Å². The molecular formula is C16H18N2O3. The van der Waals surface area contributed by atoms with Crippen LogP contribution >= 0.6 is 0 Å². The third kappa shape index (κ3) is 3.66. The third-order valence-electron chi connectivity index (χ3n) is 3.11. The lowest BCUT2D eigenvalue weighted by molar-refractivity contribution is 0.0601. The third-order valence-corrected chi connectivity index (χ3v) is 3.11. The van der Waals surface area contributed by atoms with Crippen molar-refractivity contribution in [3.05, 3.63) is 53.6 Å². The molecule has 5 nitrogen and oxygen atoms in total. The number of anilines is 2. The van der Waals surface area contributed by atoms with Crippen LogP contribution in [0.4, 0.5) is 11.4 Å². The van der Waals surface area contributed by atoms with Crippen LogP contribution < -0.4 is 15.8 Å². The normalized spacial score (nSPS) is 10.0. The van der Waals surface area contributed by atoms with Crippen LogP contribution in [-0.4, -0.2) is 20.2 Å². The number of methoxy groups -OCH3 is 2. The molecule has 0 unspecified atom stereocenters. The molecule has 0 aliphatic heterocycles. The Bertz CT molecular complexity index is 624. The molecule has 0 aliphatic rings. The lowest BCUT2D eigenvalue weighted by Gasteiger charge is -2.11. The fourth-order valence-electron chi connectivity index (χ4n) is 1.91. The maximum atomic E-state index is 11.4. The quantitative estimate of drug-likeness (QED) is 0.653. The summed E-state index contributed by atoms with van der Waals surface area (Å²) in [5.74, 6) is 0.420. The Kier molecular flexibility index (Phi) is 4.66. The van der Waals surface area contributed by atoms with Crippen molar-refractivity contribution in [2.75, 3.05) is 25.3 Å². The zero-order valence-corrected chi connectivity index (χ0v) is 12.1. The van der Waals surface area contributed by atoms with Gasteiger partial charge in [-0.05, 0) is 35.9 Å². The number of nitrogen functional groups attached to an aromatic ring is 1. The Morgan fingerprint density at radius 2 is 1.86 bits per heavy atom. The molecule has 2 rings (SSSR count). The minimum absolute atomic E-state index is 0.400. The Labute approximate surface area is 123 Å². The molecule has 0 amide bonds. The van der Waals surface area contributed by atoms with Crippen molar-refractivity contribution in [3.8, 4) is 5.75 Å². The van der Waals surface area contributed by atoms with Gasteiger partial charge >= 0.3 is 5.97 Å². The van der Waals surface area contributed by atoms with Crippen LogP contribution in [0.1, 0.15) is 15.9 Å². The van der Waals surface area contributed by atoms with E-state index in [0.29, 0.717) is 17.8 Å². The first-order chi connectivity index (χ1) is 10.1. The topological polar surface area (TPSA) is 73.6 Å². The van der Waals surface area contributed by atoms with Gasteiger partial charge in [0.1, 0.15) is 5.75 Å². The van der Waals surface area contributed by atoms with Crippen LogP contribution in [-0.2, 0) is 11.3 Å². The molecule has 0 saturated carbocycles. The van der Waals surface area contributed by atoms with Crippen molar-refractivity contribution in [2.24, 2.45) is 0 Å². The van der Waals surface area contributed by atoms with Crippen LogP contribution in [0.2, 0.25) is 0 Å². The zero-order chi connectivity index (χ0) is 15.2. The second-order valence-electron chi connectivity index (χ2n) is 4.50. The summed E-state index contributed by atoms with van der Waals surface area (Å²) in [6.07, 6.45) is 0. The fourth-order valence-corrected chi connectivity index (χ4v) is 1.91. The van der Waals surface area contributed by atoms with Crippen LogP contribution in [0.25, 0.3) is 0 Å². The highest BCUT2D eigenvalue weighted by molar-refractivity contribution is 5.91. The molecule has 0 bridgehead atoms. The molecule has 0 aliphatic carbocycles. The van der Waals surface area contributed by atoms with Crippen LogP contribution in [0.15, 0.2) is 42.5 Å². The van der Waals surface area contributed by atoms with E-state index in [1.807, 2.05) is 24.3 Å². The smallest absolute Gasteiger partial charge is 0.337 e. The Morgan fingerprint density at radius 1 is 1.14 bits per heavy atom. The minimum atomic E-state index is -0.400. The molecule has 0 fully saturated rings. The molecule has 0 heterocycles. The average Bonchev–Trinajstić information content (AvgIpc) is 2.53. The monoisotopic (exact) mass is 286 g/mol. The Morgan fingerprint density at radius 3 is 2.43 bits per heavy atom. The minimum Gasteiger partial charge on any atom is -0.497 e. The van der Waals surface area contributed by atoms with Gasteiger partial charge in [0, 0.05) is 6.54 Å². The first-order valence-electron chi connectivity index (χ1n) is 6.48. The number of carbonyl (C=O) groups excluding carboxylic acids is 1. The summed E-state index contributed by atoms with van der Waals surface area (Å²) in [5, 5.41) is 3.23. The lowest BCUT2D eigenvalue weighted by Crippen LogP contribution is -2.06. The molecule has 0 radical (unpaired) electrons. The lowest BCUT2D eigenvalue weighted by atomic mass is 10.1. The van der Waals surface area contributed by atoms with Gasteiger partial charge in [0.2, 0.25) is 0 Å². The first kappa shape index (κ1) is 14.7. The van der Waals surface area contributed by atoms with Crippen molar-refractivity contribution in [2.45, 2.75) is 6.54 Å². The summed E-state index contributed by atoms with van der Waals surface area (Å²) in [5.41, 5.74) is 8.75. The Hall–Kier alpha value is -2.69. The van der Waals surface area contributed by atoms with Crippen molar-refractivity contribution >= 4 is 17.3 Å². The van der Waals surface area contributed by atoms with Gasteiger partial charge in [-0.3, -0.25) is 0 Å². The average molecular weight is 286 g/mol. The number of hydrogen-bond donors (Lipinski definition) is 2. The number of ether oxygens (including phenoxy) is 2. The second-order valence-corrected chi connectivity index (χ2v) is 4.50. The number of nitrogens with one attached hydrogen (secondary N) is 1. The van der Waals surface area contributed by atoms with Crippen molar-refractivity contribution in [3.63, 3.8) is 0 Å². The molecule has 110 valence electrons. The van der Waals surface area contributed by atoms with Gasteiger partial charge in [0.15, 0.2) is 0 Å². The highest BCUT2D eigenvalue weighted by Crippen LogP contribution is 2.21. The van der Waals surface area contributed by atoms with Gasteiger partial charge in [0.05, 0.1) is 31.2 Å². The molecule has 2 aromatic carbocycles. The van der Waals surface area contributed by atoms with E-state index in [2.05, 4.69) is 10.1 Å². The summed E-state index contributed by atoms with van der Waals surface area (Å²) < 4.78 is 9.77. The highest BCUT2D eigenvalue weighted by atomic mass is 16.5. The van der Waals surface area contributed by atoms with E-state index in [-0.39, 0.29) is 0 Å². The van der Waals surface area contributed by atoms with Crippen molar-refractivity contribution in [1.29, 1.82) is 0 Å². The van der Waals surface area contributed by atoms with Gasteiger partial charge in [-0.2, -0.15) is 0 Å². The van der Waals surface area contributed by atoms with Crippen LogP contribution in [0.5, 0.6) is 5.75 Å². The van der Waals surface area contributed by atoms with Gasteiger partial charge in [0.25, 0.3) is 0 Å². The molecule has 5 heteroatoms. The number of esters is 1. The molecular weight excluding hydrogens is 268 g/mol. The molecule has 21 heavy (non-hydrogen) atoms.